The summed E-state index contributed by atoms with van der Waals surface area (Å²) in [6.07, 6.45) is 1.47. The van der Waals surface area contributed by atoms with Crippen molar-refractivity contribution in [1.82, 2.24) is 10.2 Å². The minimum atomic E-state index is -0.676. The van der Waals surface area contributed by atoms with E-state index < -0.39 is 24.4 Å². The molecule has 0 radical (unpaired) electrons. The number of aryl methyl sites for hydroxylation is 1. The number of carbonyl (C=O) groups excluding carboxylic acids is 3. The molecule has 0 aliphatic carbocycles. The van der Waals surface area contributed by atoms with Crippen LogP contribution in [0.1, 0.15) is 11.1 Å². The van der Waals surface area contributed by atoms with Gasteiger partial charge in [0.05, 0.1) is 7.11 Å². The molecular weight excluding hydrogens is 390 g/mol. The number of imide groups is 1. The Balaban J connectivity index is 1.51. The van der Waals surface area contributed by atoms with Gasteiger partial charge in [-0.25, -0.2) is 9.69 Å². The molecule has 4 rings (SSSR count). The fourth-order valence-corrected chi connectivity index (χ4v) is 3.17. The number of benzene rings is 2. The molecule has 2 aliphatic rings. The Labute approximate surface area is 172 Å². The van der Waals surface area contributed by atoms with Gasteiger partial charge in [-0.1, -0.05) is 12.1 Å². The maximum atomic E-state index is 12.7. The lowest BCUT2D eigenvalue weighted by Crippen LogP contribution is -2.38. The number of methoxy groups -OCH3 is 1. The fourth-order valence-electron chi connectivity index (χ4n) is 3.17. The van der Waals surface area contributed by atoms with E-state index in [1.54, 1.807) is 30.3 Å². The maximum Gasteiger partial charge on any atom is 0.329 e. The molecule has 0 saturated carbocycles. The number of carbonyl (C=O) groups is 3. The van der Waals surface area contributed by atoms with Crippen LogP contribution in [0, 0.1) is 6.92 Å². The topological polar surface area (TPSA) is 106 Å². The van der Waals surface area contributed by atoms with E-state index in [9.17, 15) is 14.4 Å². The van der Waals surface area contributed by atoms with Gasteiger partial charge in [0.15, 0.2) is 11.5 Å². The monoisotopic (exact) mass is 409 g/mol. The Bertz CT molecular complexity index is 1080. The lowest BCUT2D eigenvalue weighted by molar-refractivity contribution is -0.127. The third-order valence-electron chi connectivity index (χ3n) is 4.59. The van der Waals surface area contributed by atoms with E-state index >= 15 is 0 Å². The number of ether oxygens (including phenoxy) is 3. The van der Waals surface area contributed by atoms with Gasteiger partial charge in [-0.3, -0.25) is 9.59 Å². The summed E-state index contributed by atoms with van der Waals surface area (Å²) in [5.41, 5.74) is 2.12. The van der Waals surface area contributed by atoms with Crippen molar-refractivity contribution in [2.75, 3.05) is 25.8 Å². The second-order valence-corrected chi connectivity index (χ2v) is 6.74. The zero-order chi connectivity index (χ0) is 21.3. The normalized spacial score (nSPS) is 16.1. The van der Waals surface area contributed by atoms with Crippen LogP contribution in [0.3, 0.4) is 0 Å². The van der Waals surface area contributed by atoms with Gasteiger partial charge in [-0.05, 0) is 36.8 Å². The van der Waals surface area contributed by atoms with Gasteiger partial charge in [0.2, 0.25) is 12.7 Å². The van der Waals surface area contributed by atoms with Gasteiger partial charge < -0.3 is 24.8 Å². The van der Waals surface area contributed by atoms with E-state index in [2.05, 4.69) is 10.6 Å². The molecule has 0 bridgehead atoms. The van der Waals surface area contributed by atoms with Crippen molar-refractivity contribution in [2.24, 2.45) is 0 Å². The molecule has 9 nitrogen and oxygen atoms in total. The van der Waals surface area contributed by atoms with Crippen molar-refractivity contribution >= 4 is 29.6 Å². The Hall–Kier alpha value is -4.01. The third-order valence-corrected chi connectivity index (χ3v) is 4.59. The average molecular weight is 409 g/mol. The minimum Gasteiger partial charge on any atom is -0.496 e. The van der Waals surface area contributed by atoms with Crippen LogP contribution >= 0.6 is 0 Å². The molecule has 0 atom stereocenters. The Morgan fingerprint density at radius 2 is 2.00 bits per heavy atom. The molecule has 1 fully saturated rings. The summed E-state index contributed by atoms with van der Waals surface area (Å²) in [4.78, 5) is 38.1. The van der Waals surface area contributed by atoms with Gasteiger partial charge >= 0.3 is 6.03 Å². The number of nitrogens with zero attached hydrogens (tertiary/aromatic N) is 1. The molecule has 30 heavy (non-hydrogen) atoms. The number of urea groups is 1. The molecule has 0 aromatic heterocycles. The molecule has 2 aliphatic heterocycles. The Kier molecular flexibility index (Phi) is 5.01. The molecule has 0 unspecified atom stereocenters. The molecule has 2 aromatic rings. The molecule has 2 N–H and O–H groups in total. The highest BCUT2D eigenvalue weighted by molar-refractivity contribution is 6.16. The number of hydrogen-bond acceptors (Lipinski definition) is 6. The molecule has 154 valence electrons. The van der Waals surface area contributed by atoms with Gasteiger partial charge in [-0.2, -0.15) is 0 Å². The molecule has 4 amide bonds. The standard InChI is InChI=1S/C21H19N3O6/c1-12-4-3-5-14(6-12)22-19(25)10-24-20(26)15(23-21(24)27)7-13-8-17-18(30-11-29-17)9-16(13)28-2/h3-9H,10-11H2,1-2H3,(H,22,25)(H,23,27)/b15-7+. The SMILES string of the molecule is COc1cc2c(cc1/C=C1/NC(=O)N(CC(=O)Nc3cccc(C)c3)C1=O)OCO2. The van der Waals surface area contributed by atoms with Crippen LogP contribution in [-0.4, -0.2) is 43.2 Å². The van der Waals surface area contributed by atoms with Crippen molar-refractivity contribution in [3.63, 3.8) is 0 Å². The number of nitrogens with one attached hydrogen (secondary N) is 2. The molecular formula is C21H19N3O6. The van der Waals surface area contributed by atoms with Crippen LogP contribution < -0.4 is 24.8 Å². The quantitative estimate of drug-likeness (QED) is 0.580. The number of fused-ring (bicyclic) bond motifs is 1. The predicted octanol–water partition coefficient (Wildman–Crippen LogP) is 2.26. The number of hydrogen-bond donors (Lipinski definition) is 2. The van der Waals surface area contributed by atoms with Gasteiger partial charge in [0, 0.05) is 17.3 Å². The van der Waals surface area contributed by atoms with Crippen LogP contribution in [-0.2, 0) is 9.59 Å². The van der Waals surface area contributed by atoms with Gasteiger partial charge in [0.1, 0.15) is 18.0 Å². The Morgan fingerprint density at radius 3 is 2.73 bits per heavy atom. The first-order valence-electron chi connectivity index (χ1n) is 9.13. The van der Waals surface area contributed by atoms with Crippen molar-refractivity contribution in [3.8, 4) is 17.2 Å². The highest BCUT2D eigenvalue weighted by Crippen LogP contribution is 2.39. The number of amides is 4. The lowest BCUT2D eigenvalue weighted by atomic mass is 10.1. The molecule has 1 saturated heterocycles. The number of anilines is 1. The smallest absolute Gasteiger partial charge is 0.329 e. The third kappa shape index (κ3) is 3.77. The predicted molar refractivity (Wildman–Crippen MR) is 107 cm³/mol. The summed E-state index contributed by atoms with van der Waals surface area (Å²) >= 11 is 0. The fraction of sp³-hybridized carbons (Fsp3) is 0.190. The van der Waals surface area contributed by atoms with E-state index in [0.29, 0.717) is 28.5 Å². The van der Waals surface area contributed by atoms with E-state index in [0.717, 1.165) is 10.5 Å². The van der Waals surface area contributed by atoms with Crippen LogP contribution in [0.4, 0.5) is 10.5 Å². The summed E-state index contributed by atoms with van der Waals surface area (Å²) in [6.45, 7) is 1.58. The second kappa shape index (κ2) is 7.78. The molecule has 0 spiro atoms. The highest BCUT2D eigenvalue weighted by atomic mass is 16.7. The van der Waals surface area contributed by atoms with Crippen molar-refractivity contribution in [1.29, 1.82) is 0 Å². The lowest BCUT2D eigenvalue weighted by Gasteiger charge is -2.12. The van der Waals surface area contributed by atoms with Crippen molar-refractivity contribution < 1.29 is 28.6 Å². The summed E-state index contributed by atoms with van der Waals surface area (Å²) in [6, 6.07) is 9.84. The molecule has 9 heteroatoms. The average Bonchev–Trinajstić information content (AvgIpc) is 3.26. The van der Waals surface area contributed by atoms with Gasteiger partial charge in [-0.15, -0.1) is 0 Å². The molecule has 2 heterocycles. The van der Waals surface area contributed by atoms with Crippen LogP contribution in [0.2, 0.25) is 0 Å². The van der Waals surface area contributed by atoms with Crippen LogP contribution in [0.5, 0.6) is 17.2 Å². The van der Waals surface area contributed by atoms with E-state index in [1.807, 2.05) is 13.0 Å². The summed E-state index contributed by atoms with van der Waals surface area (Å²) in [7, 11) is 1.48. The van der Waals surface area contributed by atoms with Crippen molar-refractivity contribution in [2.45, 2.75) is 6.92 Å². The maximum absolute atomic E-state index is 12.7. The number of rotatable bonds is 5. The zero-order valence-electron chi connectivity index (χ0n) is 16.4. The summed E-state index contributed by atoms with van der Waals surface area (Å²) < 4.78 is 16.0. The van der Waals surface area contributed by atoms with Crippen molar-refractivity contribution in [3.05, 3.63) is 53.2 Å². The first-order valence-corrected chi connectivity index (χ1v) is 9.13. The largest absolute Gasteiger partial charge is 0.496 e. The first-order chi connectivity index (χ1) is 14.4. The second-order valence-electron chi connectivity index (χ2n) is 6.74. The first kappa shape index (κ1) is 19.3. The van der Waals surface area contributed by atoms with E-state index in [1.165, 1.54) is 13.2 Å². The highest BCUT2D eigenvalue weighted by Gasteiger charge is 2.35. The molecule has 2 aromatic carbocycles. The zero-order valence-corrected chi connectivity index (χ0v) is 16.4. The van der Waals surface area contributed by atoms with E-state index in [4.69, 9.17) is 14.2 Å². The summed E-state index contributed by atoms with van der Waals surface area (Å²) in [5, 5.41) is 5.17. The van der Waals surface area contributed by atoms with Crippen LogP contribution in [0.15, 0.2) is 42.1 Å². The minimum absolute atomic E-state index is 0.0283. The summed E-state index contributed by atoms with van der Waals surface area (Å²) in [5.74, 6) is 0.397. The van der Waals surface area contributed by atoms with Crippen LogP contribution in [0.25, 0.3) is 6.08 Å². The van der Waals surface area contributed by atoms with E-state index in [-0.39, 0.29) is 12.5 Å². The Morgan fingerprint density at radius 1 is 1.23 bits per heavy atom. The van der Waals surface area contributed by atoms with Gasteiger partial charge in [0.25, 0.3) is 5.91 Å².